The number of carbonyl (C=O) groups excluding carboxylic acids is 1. The summed E-state index contributed by atoms with van der Waals surface area (Å²) in [6.45, 7) is 3.68. The summed E-state index contributed by atoms with van der Waals surface area (Å²) in [6, 6.07) is 15.6. The predicted octanol–water partition coefficient (Wildman–Crippen LogP) is 3.35. The third kappa shape index (κ3) is 5.06. The summed E-state index contributed by atoms with van der Waals surface area (Å²) in [4.78, 5) is 32.9. The minimum atomic E-state index is -0.567. The van der Waals surface area contributed by atoms with E-state index >= 15 is 0 Å². The van der Waals surface area contributed by atoms with E-state index in [-0.39, 0.29) is 5.82 Å². The molecule has 2 saturated heterocycles. The first-order chi connectivity index (χ1) is 20.1. The molecular formula is C30H33N7O4. The number of benzene rings is 2. The molecule has 5 heterocycles. The Kier molecular flexibility index (Phi) is 6.66. The molecule has 3 aliphatic heterocycles. The molecule has 2 aromatic carbocycles. The summed E-state index contributed by atoms with van der Waals surface area (Å²) in [7, 11) is 0. The molecule has 1 atom stereocenters. The molecular weight excluding hydrogens is 522 g/mol. The van der Waals surface area contributed by atoms with Crippen LogP contribution in [0.5, 0.6) is 0 Å². The maximum atomic E-state index is 13.2. The maximum Gasteiger partial charge on any atom is 0.446 e. The summed E-state index contributed by atoms with van der Waals surface area (Å²) in [5.74, 6) is 0.0155. The van der Waals surface area contributed by atoms with E-state index < -0.39 is 17.7 Å². The number of aromatic nitrogens is 5. The number of rotatable bonds is 5. The minimum Gasteiger partial charge on any atom is -0.381 e. The smallest absolute Gasteiger partial charge is 0.381 e. The number of nitrogens with one attached hydrogen (secondary N) is 2. The largest absolute Gasteiger partial charge is 0.446 e. The van der Waals surface area contributed by atoms with Gasteiger partial charge < -0.3 is 15.0 Å². The molecule has 0 saturated carbocycles. The van der Waals surface area contributed by atoms with Crippen LogP contribution in [0.2, 0.25) is 0 Å². The van der Waals surface area contributed by atoms with Crippen molar-refractivity contribution in [3.8, 4) is 5.69 Å². The zero-order valence-corrected chi connectivity index (χ0v) is 22.8. The van der Waals surface area contributed by atoms with Crippen LogP contribution in [0.1, 0.15) is 71.5 Å². The molecule has 2 N–H and O–H groups in total. The first-order valence-electron chi connectivity index (χ1n) is 14.4. The molecule has 2 aromatic heterocycles. The summed E-state index contributed by atoms with van der Waals surface area (Å²) < 4.78 is 12.2. The quantitative estimate of drug-likeness (QED) is 0.383. The Morgan fingerprint density at radius 3 is 2.68 bits per heavy atom. The van der Waals surface area contributed by atoms with Crippen LogP contribution >= 0.6 is 0 Å². The van der Waals surface area contributed by atoms with Gasteiger partial charge in [0.15, 0.2) is 5.82 Å². The van der Waals surface area contributed by atoms with Crippen molar-refractivity contribution >= 4 is 11.6 Å². The van der Waals surface area contributed by atoms with Gasteiger partial charge in [0.25, 0.3) is 5.91 Å². The lowest BCUT2D eigenvalue weighted by Gasteiger charge is -2.45. The van der Waals surface area contributed by atoms with Crippen molar-refractivity contribution < 1.29 is 14.1 Å². The number of aromatic amines is 1. The number of nitrogens with zero attached hydrogens (tertiary/aromatic N) is 5. The second-order valence-electron chi connectivity index (χ2n) is 11.4. The number of amides is 1. The Labute approximate surface area is 236 Å². The molecule has 11 nitrogen and oxygen atoms in total. The molecule has 212 valence electrons. The van der Waals surface area contributed by atoms with Crippen LogP contribution in [0.3, 0.4) is 0 Å². The summed E-state index contributed by atoms with van der Waals surface area (Å²) in [5.41, 5.74) is 4.32. The van der Waals surface area contributed by atoms with Crippen LogP contribution in [-0.2, 0) is 17.6 Å². The first-order valence-corrected chi connectivity index (χ1v) is 14.4. The van der Waals surface area contributed by atoms with Crippen molar-refractivity contribution in [1.82, 2.24) is 30.2 Å². The van der Waals surface area contributed by atoms with E-state index in [2.05, 4.69) is 48.8 Å². The fourth-order valence-electron chi connectivity index (χ4n) is 6.47. The Bertz CT molecular complexity index is 1590. The number of fused-ring (bicyclic) bond motifs is 3. The standard InChI is InChI=1S/C30H33N7O4/c38-28(26-32-25(33-34-26)18-20-4-2-1-3-5-20)31-23-9-7-21-6-8-22(19-24(21)37-27(23)35-41-29(37)39)36-14-10-30(11-15-36)12-16-40-17-13-30/h1-6,8,19,23H,7,9-18H2,(H,31,38)(H,32,33,34). The van der Waals surface area contributed by atoms with Gasteiger partial charge in [0.05, 0.1) is 11.7 Å². The highest BCUT2D eigenvalue weighted by atomic mass is 16.5. The maximum absolute atomic E-state index is 13.2. The van der Waals surface area contributed by atoms with Gasteiger partial charge in [0.1, 0.15) is 5.82 Å². The SMILES string of the molecule is O=C(NC1CCc2ccc(N3CCC4(CCOCC4)CC3)cc2-n2c1noc2=O)c1n[nH]c(Cc2ccccc2)n1. The zero-order chi connectivity index (χ0) is 27.8. The number of H-pyrrole nitrogens is 1. The predicted molar refractivity (Wildman–Crippen MR) is 150 cm³/mol. The second kappa shape index (κ2) is 10.6. The molecule has 0 bridgehead atoms. The lowest BCUT2D eigenvalue weighted by molar-refractivity contribution is 0.00212. The van der Waals surface area contributed by atoms with Gasteiger partial charge in [-0.2, -0.15) is 0 Å². The molecule has 11 heteroatoms. The van der Waals surface area contributed by atoms with E-state index in [0.29, 0.717) is 36.3 Å². The number of hydrogen-bond acceptors (Lipinski definition) is 8. The zero-order valence-electron chi connectivity index (χ0n) is 22.8. The van der Waals surface area contributed by atoms with Crippen LogP contribution in [0.15, 0.2) is 57.8 Å². The second-order valence-corrected chi connectivity index (χ2v) is 11.4. The molecule has 0 radical (unpaired) electrons. The van der Waals surface area contributed by atoms with Crippen LogP contribution in [0.4, 0.5) is 5.69 Å². The Morgan fingerprint density at radius 2 is 1.88 bits per heavy atom. The van der Waals surface area contributed by atoms with Gasteiger partial charge in [-0.15, -0.1) is 5.10 Å². The van der Waals surface area contributed by atoms with Gasteiger partial charge in [0, 0.05) is 38.4 Å². The van der Waals surface area contributed by atoms with Crippen molar-refractivity contribution in [1.29, 1.82) is 0 Å². The number of anilines is 1. The van der Waals surface area contributed by atoms with E-state index in [0.717, 1.165) is 74.5 Å². The molecule has 1 spiro atoms. The Balaban J connectivity index is 1.09. The van der Waals surface area contributed by atoms with Crippen LogP contribution in [-0.4, -0.2) is 57.1 Å². The molecule has 7 rings (SSSR count). The van der Waals surface area contributed by atoms with E-state index in [1.54, 1.807) is 0 Å². The third-order valence-electron chi connectivity index (χ3n) is 8.95. The van der Waals surface area contributed by atoms with Crippen molar-refractivity contribution in [2.45, 2.75) is 51.0 Å². The Hall–Kier alpha value is -4.25. The van der Waals surface area contributed by atoms with Gasteiger partial charge in [-0.05, 0) is 67.2 Å². The Morgan fingerprint density at radius 1 is 1.07 bits per heavy atom. The highest BCUT2D eigenvalue weighted by Gasteiger charge is 2.36. The molecule has 4 aromatic rings. The van der Waals surface area contributed by atoms with Gasteiger partial charge in [-0.3, -0.25) is 14.4 Å². The van der Waals surface area contributed by atoms with Crippen LogP contribution in [0.25, 0.3) is 5.69 Å². The van der Waals surface area contributed by atoms with Crippen molar-refractivity contribution in [2.24, 2.45) is 5.41 Å². The van der Waals surface area contributed by atoms with E-state index in [9.17, 15) is 9.59 Å². The number of carbonyl (C=O) groups is 1. The van der Waals surface area contributed by atoms with Gasteiger partial charge in [0.2, 0.25) is 5.82 Å². The molecule has 1 unspecified atom stereocenters. The summed E-state index contributed by atoms with van der Waals surface area (Å²) >= 11 is 0. The average molecular weight is 556 g/mol. The highest BCUT2D eigenvalue weighted by molar-refractivity contribution is 5.90. The highest BCUT2D eigenvalue weighted by Crippen LogP contribution is 2.42. The molecule has 3 aliphatic rings. The van der Waals surface area contributed by atoms with Crippen molar-refractivity contribution in [3.63, 3.8) is 0 Å². The number of ether oxygens (including phenoxy) is 1. The summed E-state index contributed by atoms with van der Waals surface area (Å²) in [5, 5.41) is 14.1. The molecule has 0 aliphatic carbocycles. The minimum absolute atomic E-state index is 0.0461. The lowest BCUT2D eigenvalue weighted by atomic mass is 9.72. The van der Waals surface area contributed by atoms with E-state index in [1.165, 1.54) is 4.57 Å². The number of piperidine rings is 1. The van der Waals surface area contributed by atoms with E-state index in [1.807, 2.05) is 30.3 Å². The van der Waals surface area contributed by atoms with Crippen LogP contribution in [0, 0.1) is 5.41 Å². The van der Waals surface area contributed by atoms with Gasteiger partial charge >= 0.3 is 5.76 Å². The summed E-state index contributed by atoms with van der Waals surface area (Å²) in [6.07, 6.45) is 6.33. The van der Waals surface area contributed by atoms with Crippen molar-refractivity contribution in [3.05, 3.63) is 87.7 Å². The fraction of sp³-hybridized carbons (Fsp3) is 0.433. The number of hydrogen-bond donors (Lipinski definition) is 2. The van der Waals surface area contributed by atoms with E-state index in [4.69, 9.17) is 9.26 Å². The van der Waals surface area contributed by atoms with Crippen molar-refractivity contribution in [2.75, 3.05) is 31.2 Å². The topological polar surface area (TPSA) is 131 Å². The molecule has 41 heavy (non-hydrogen) atoms. The molecule has 1 amide bonds. The monoisotopic (exact) mass is 555 g/mol. The third-order valence-corrected chi connectivity index (χ3v) is 8.95. The van der Waals surface area contributed by atoms with Gasteiger partial charge in [-0.1, -0.05) is 41.6 Å². The molecule has 2 fully saturated rings. The van der Waals surface area contributed by atoms with Gasteiger partial charge in [-0.25, -0.2) is 14.3 Å². The lowest BCUT2D eigenvalue weighted by Crippen LogP contribution is -2.43. The number of aryl methyl sites for hydroxylation is 1. The fourth-order valence-corrected chi connectivity index (χ4v) is 6.47. The average Bonchev–Trinajstić information content (AvgIpc) is 3.59. The normalized spacial score (nSPS) is 19.8. The van der Waals surface area contributed by atoms with Crippen LogP contribution < -0.4 is 16.0 Å². The first kappa shape index (κ1) is 25.7.